The summed E-state index contributed by atoms with van der Waals surface area (Å²) in [7, 11) is 1.37. The van der Waals surface area contributed by atoms with Crippen LogP contribution < -0.4 is 15.4 Å². The van der Waals surface area contributed by atoms with Crippen LogP contribution in [0.1, 0.15) is 24.0 Å². The lowest BCUT2D eigenvalue weighted by atomic mass is 9.75. The summed E-state index contributed by atoms with van der Waals surface area (Å²) in [5.41, 5.74) is 7.91. The van der Waals surface area contributed by atoms with Crippen molar-refractivity contribution in [2.24, 2.45) is 11.1 Å². The second-order valence-electron chi connectivity index (χ2n) is 9.49. The van der Waals surface area contributed by atoms with E-state index in [4.69, 9.17) is 25.5 Å². The minimum Gasteiger partial charge on any atom is -0.494 e. The van der Waals surface area contributed by atoms with E-state index in [9.17, 15) is 14.0 Å². The van der Waals surface area contributed by atoms with Gasteiger partial charge >= 0.3 is 0 Å². The maximum atomic E-state index is 14.7. The fourth-order valence-electron chi connectivity index (χ4n) is 5.23. The lowest BCUT2D eigenvalue weighted by molar-refractivity contribution is 0.131. The molecular weight excluding hydrogens is 476 g/mol. The van der Waals surface area contributed by atoms with E-state index in [-0.39, 0.29) is 28.3 Å². The van der Waals surface area contributed by atoms with Crippen LogP contribution in [0.5, 0.6) is 5.75 Å². The number of benzene rings is 2. The van der Waals surface area contributed by atoms with Crippen LogP contribution >= 0.6 is 0 Å². The molecule has 2 aliphatic heterocycles. The zero-order valence-electron chi connectivity index (χ0n) is 20.3. The van der Waals surface area contributed by atoms with Gasteiger partial charge in [-0.25, -0.2) is 13.8 Å². The van der Waals surface area contributed by atoms with Gasteiger partial charge in [0.2, 0.25) is 0 Å². The van der Waals surface area contributed by atoms with Crippen LogP contribution in [0.15, 0.2) is 42.5 Å². The largest absolute Gasteiger partial charge is 0.494 e. The quantitative estimate of drug-likeness (QED) is 0.565. The maximum Gasteiger partial charge on any atom is 0.165 e. The average Bonchev–Trinajstić information content (AvgIpc) is 3.27. The number of hydrogen-bond acceptors (Lipinski definition) is 7. The molecule has 2 aromatic carbocycles. The predicted octanol–water partition coefficient (Wildman–Crippen LogP) is 4.39. The first-order chi connectivity index (χ1) is 17.9. The first-order valence-electron chi connectivity index (χ1n) is 12.0. The third-order valence-corrected chi connectivity index (χ3v) is 7.49. The van der Waals surface area contributed by atoms with E-state index in [0.717, 1.165) is 12.8 Å². The number of nitrogens with zero attached hydrogens (tertiary/aromatic N) is 4. The molecule has 3 aromatic rings. The Morgan fingerprint density at radius 3 is 2.32 bits per heavy atom. The average molecular weight is 502 g/mol. The molecule has 3 heterocycles. The van der Waals surface area contributed by atoms with Gasteiger partial charge in [0, 0.05) is 35.7 Å². The highest BCUT2D eigenvalue weighted by molar-refractivity contribution is 5.87. The van der Waals surface area contributed by atoms with Crippen molar-refractivity contribution in [2.75, 3.05) is 38.3 Å². The van der Waals surface area contributed by atoms with E-state index in [0.29, 0.717) is 54.5 Å². The number of hydrogen-bond donors (Lipinski definition) is 1. The molecule has 2 fully saturated rings. The Morgan fingerprint density at radius 1 is 1.03 bits per heavy atom. The van der Waals surface area contributed by atoms with E-state index >= 15 is 0 Å². The molecule has 0 radical (unpaired) electrons. The number of nitrogens with two attached hydrogens (primary N) is 1. The number of halogens is 2. The van der Waals surface area contributed by atoms with Crippen molar-refractivity contribution in [1.29, 1.82) is 10.5 Å². The lowest BCUT2D eigenvalue weighted by Crippen LogP contribution is -2.49. The molecule has 1 aromatic heterocycles. The van der Waals surface area contributed by atoms with Gasteiger partial charge in [0.15, 0.2) is 11.6 Å². The number of methoxy groups -OCH3 is 1. The Hall–Kier alpha value is -4.05. The highest BCUT2D eigenvalue weighted by atomic mass is 19.1. The van der Waals surface area contributed by atoms with E-state index in [2.05, 4.69) is 11.0 Å². The summed E-state index contributed by atoms with van der Waals surface area (Å²) in [4.78, 5) is 6.95. The van der Waals surface area contributed by atoms with Crippen molar-refractivity contribution in [3.05, 3.63) is 65.2 Å². The summed E-state index contributed by atoms with van der Waals surface area (Å²) in [6.45, 7) is 2.54. The summed E-state index contributed by atoms with van der Waals surface area (Å²) in [6.07, 6.45) is 1.65. The molecule has 188 valence electrons. The predicted molar refractivity (Wildman–Crippen MR) is 134 cm³/mol. The van der Waals surface area contributed by atoms with Crippen molar-refractivity contribution in [1.82, 2.24) is 4.98 Å². The first-order valence-corrected chi connectivity index (χ1v) is 12.0. The molecular formula is C28H25F2N5O2. The summed E-state index contributed by atoms with van der Waals surface area (Å²) in [5, 5.41) is 19.3. The zero-order chi connectivity index (χ0) is 26.2. The monoisotopic (exact) mass is 501 g/mol. The topological polar surface area (TPSA) is 108 Å². The van der Waals surface area contributed by atoms with Crippen molar-refractivity contribution in [2.45, 2.75) is 18.9 Å². The molecule has 7 nitrogen and oxygen atoms in total. The van der Waals surface area contributed by atoms with Crippen molar-refractivity contribution >= 4 is 5.82 Å². The normalized spacial score (nSPS) is 18.4. The SMILES string of the molecule is COc1ccc(-c2c(C#N)cc(N3CCC4(CC3)COCC4N)nc2-c2ccc(C#N)c(F)c2)cc1F. The molecule has 1 unspecified atom stereocenters. The summed E-state index contributed by atoms with van der Waals surface area (Å²) >= 11 is 0. The number of ether oxygens (including phenoxy) is 2. The number of piperidine rings is 1. The summed E-state index contributed by atoms with van der Waals surface area (Å²) < 4.78 is 40.0. The fraction of sp³-hybridized carbons (Fsp3) is 0.321. The Labute approximate surface area is 213 Å². The van der Waals surface area contributed by atoms with Gasteiger partial charge in [-0.05, 0) is 48.7 Å². The minimum absolute atomic E-state index is 0.0122. The molecule has 5 rings (SSSR count). The summed E-state index contributed by atoms with van der Waals surface area (Å²) in [5.74, 6) is -0.667. The van der Waals surface area contributed by atoms with Crippen molar-refractivity contribution in [3.63, 3.8) is 0 Å². The Bertz CT molecular complexity index is 1440. The maximum absolute atomic E-state index is 14.7. The van der Waals surface area contributed by atoms with Gasteiger partial charge in [0.25, 0.3) is 0 Å². The minimum atomic E-state index is -0.701. The van der Waals surface area contributed by atoms with E-state index < -0.39 is 11.6 Å². The van der Waals surface area contributed by atoms with Crippen LogP contribution in [0.25, 0.3) is 22.4 Å². The van der Waals surface area contributed by atoms with Crippen LogP contribution in [-0.2, 0) is 4.74 Å². The second kappa shape index (κ2) is 9.78. The molecule has 0 aliphatic carbocycles. The highest BCUT2D eigenvalue weighted by Gasteiger charge is 2.44. The molecule has 2 aliphatic rings. The standard InChI is InChI=1S/C28H25F2N5O2/c1-36-23-5-4-17(10-22(23)30)26-20(14-32)12-25(34-27(26)18-2-3-19(13-31)21(29)11-18)35-8-6-28(7-9-35)16-37-15-24(28)33/h2-5,10-12,24H,6-9,15-16,33H2,1H3. The highest BCUT2D eigenvalue weighted by Crippen LogP contribution is 2.42. The number of nitriles is 2. The van der Waals surface area contributed by atoms with Gasteiger partial charge in [-0.1, -0.05) is 12.1 Å². The number of aromatic nitrogens is 1. The van der Waals surface area contributed by atoms with Gasteiger partial charge in [-0.3, -0.25) is 0 Å². The molecule has 9 heteroatoms. The van der Waals surface area contributed by atoms with E-state index in [1.165, 1.54) is 31.4 Å². The molecule has 1 spiro atoms. The molecule has 0 bridgehead atoms. The van der Waals surface area contributed by atoms with Crippen LogP contribution in [0.2, 0.25) is 0 Å². The Balaban J connectivity index is 1.63. The van der Waals surface area contributed by atoms with Gasteiger partial charge in [0.1, 0.15) is 17.7 Å². The van der Waals surface area contributed by atoms with E-state index in [1.54, 1.807) is 18.2 Å². The van der Waals surface area contributed by atoms with Crippen LogP contribution in [0.3, 0.4) is 0 Å². The van der Waals surface area contributed by atoms with Crippen LogP contribution in [0.4, 0.5) is 14.6 Å². The fourth-order valence-corrected chi connectivity index (χ4v) is 5.23. The van der Waals surface area contributed by atoms with Crippen LogP contribution in [-0.4, -0.2) is 44.4 Å². The zero-order valence-corrected chi connectivity index (χ0v) is 20.3. The van der Waals surface area contributed by atoms with Crippen LogP contribution in [0, 0.1) is 39.7 Å². The number of pyridine rings is 1. The van der Waals surface area contributed by atoms with Gasteiger partial charge in [-0.2, -0.15) is 10.5 Å². The number of anilines is 1. The first kappa shape index (κ1) is 24.6. The third-order valence-electron chi connectivity index (χ3n) is 7.49. The van der Waals surface area contributed by atoms with Crippen molar-refractivity contribution < 1.29 is 18.3 Å². The molecule has 1 atom stereocenters. The Morgan fingerprint density at radius 2 is 1.73 bits per heavy atom. The van der Waals surface area contributed by atoms with Gasteiger partial charge < -0.3 is 20.1 Å². The molecule has 37 heavy (non-hydrogen) atoms. The smallest absolute Gasteiger partial charge is 0.165 e. The lowest BCUT2D eigenvalue weighted by Gasteiger charge is -2.41. The van der Waals surface area contributed by atoms with Gasteiger partial charge in [-0.15, -0.1) is 0 Å². The molecule has 2 saturated heterocycles. The third kappa shape index (κ3) is 4.37. The molecule has 0 amide bonds. The molecule has 2 N–H and O–H groups in total. The van der Waals surface area contributed by atoms with E-state index in [1.807, 2.05) is 6.07 Å². The number of rotatable bonds is 4. The molecule has 0 saturated carbocycles. The Kier molecular flexibility index (Phi) is 6.51. The van der Waals surface area contributed by atoms with Gasteiger partial charge in [0.05, 0.1) is 43.2 Å². The second-order valence-corrected chi connectivity index (χ2v) is 9.49. The van der Waals surface area contributed by atoms with Crippen molar-refractivity contribution in [3.8, 4) is 40.3 Å². The summed E-state index contributed by atoms with van der Waals surface area (Å²) in [6, 6.07) is 14.2.